The average molecular weight is 302 g/mol. The molecular weight excluding hydrogens is 280 g/mol. The fourth-order valence-corrected chi connectivity index (χ4v) is 2.66. The van der Waals surface area contributed by atoms with Crippen LogP contribution in [0.2, 0.25) is 0 Å². The van der Waals surface area contributed by atoms with Gasteiger partial charge in [-0.2, -0.15) is 10.1 Å². The Bertz CT molecular complexity index is 594. The predicted molar refractivity (Wildman–Crippen MR) is 84.7 cm³/mol. The summed E-state index contributed by atoms with van der Waals surface area (Å²) in [5, 5.41) is 4.20. The monoisotopic (exact) mass is 302 g/mol. The molecule has 0 amide bonds. The highest BCUT2D eigenvalue weighted by molar-refractivity contribution is 5.43. The van der Waals surface area contributed by atoms with Crippen molar-refractivity contribution < 1.29 is 4.74 Å². The van der Waals surface area contributed by atoms with Crippen LogP contribution in [-0.2, 0) is 11.3 Å². The van der Waals surface area contributed by atoms with E-state index in [0.29, 0.717) is 11.9 Å². The van der Waals surface area contributed by atoms with Gasteiger partial charge in [-0.25, -0.2) is 4.98 Å². The third-order valence-corrected chi connectivity index (χ3v) is 3.93. The average Bonchev–Trinajstić information content (AvgIpc) is 3.20. The minimum Gasteiger partial charge on any atom is -0.381 e. The molecule has 7 heteroatoms. The molecule has 3 rings (SSSR count). The van der Waals surface area contributed by atoms with Gasteiger partial charge in [0.2, 0.25) is 5.95 Å². The summed E-state index contributed by atoms with van der Waals surface area (Å²) in [4.78, 5) is 10.8. The van der Waals surface area contributed by atoms with E-state index in [4.69, 9.17) is 10.5 Å². The van der Waals surface area contributed by atoms with Gasteiger partial charge in [-0.05, 0) is 18.9 Å². The standard InChI is InChI=1S/C15H22N6O/c1-20(6-3-8-21-7-2-5-17-21)14-10-13(18-15(16)19-14)12-4-9-22-11-12/h2,5,7,10,12H,3-4,6,8-9,11H2,1H3,(H2,16,18,19)/t12-/m0/s1. The minimum absolute atomic E-state index is 0.332. The lowest BCUT2D eigenvalue weighted by molar-refractivity contribution is 0.193. The molecule has 0 saturated carbocycles. The predicted octanol–water partition coefficient (Wildman–Crippen LogP) is 1.29. The number of anilines is 2. The summed E-state index contributed by atoms with van der Waals surface area (Å²) in [7, 11) is 2.03. The molecule has 1 saturated heterocycles. The Labute approximate surface area is 130 Å². The first-order valence-electron chi connectivity index (χ1n) is 7.63. The molecule has 0 spiro atoms. The zero-order valence-electron chi connectivity index (χ0n) is 12.9. The van der Waals surface area contributed by atoms with E-state index in [1.54, 1.807) is 6.20 Å². The Hall–Kier alpha value is -2.15. The quantitative estimate of drug-likeness (QED) is 0.865. The van der Waals surface area contributed by atoms with Crippen molar-refractivity contribution in [3.8, 4) is 0 Å². The number of aryl methyl sites for hydroxylation is 1. The molecule has 0 bridgehead atoms. The molecule has 0 radical (unpaired) electrons. The maximum absolute atomic E-state index is 5.87. The molecule has 2 aromatic rings. The van der Waals surface area contributed by atoms with Crippen LogP contribution >= 0.6 is 0 Å². The van der Waals surface area contributed by atoms with E-state index in [1.165, 1.54) is 0 Å². The van der Waals surface area contributed by atoms with Crippen LogP contribution in [0.1, 0.15) is 24.5 Å². The summed E-state index contributed by atoms with van der Waals surface area (Å²) >= 11 is 0. The molecular formula is C15H22N6O. The van der Waals surface area contributed by atoms with Gasteiger partial charge >= 0.3 is 0 Å². The zero-order valence-corrected chi connectivity index (χ0v) is 12.9. The van der Waals surface area contributed by atoms with Crippen LogP contribution in [0.25, 0.3) is 0 Å². The fourth-order valence-electron chi connectivity index (χ4n) is 2.66. The molecule has 22 heavy (non-hydrogen) atoms. The molecule has 7 nitrogen and oxygen atoms in total. The highest BCUT2D eigenvalue weighted by atomic mass is 16.5. The molecule has 0 unspecified atom stereocenters. The van der Waals surface area contributed by atoms with Gasteiger partial charge in [-0.1, -0.05) is 0 Å². The van der Waals surface area contributed by atoms with Gasteiger partial charge in [0.1, 0.15) is 5.82 Å². The van der Waals surface area contributed by atoms with Crippen molar-refractivity contribution >= 4 is 11.8 Å². The molecule has 1 aliphatic heterocycles. The smallest absolute Gasteiger partial charge is 0.222 e. The van der Waals surface area contributed by atoms with Crippen LogP contribution in [0.5, 0.6) is 0 Å². The lowest BCUT2D eigenvalue weighted by Crippen LogP contribution is -2.22. The second-order valence-corrected chi connectivity index (χ2v) is 5.61. The summed E-state index contributed by atoms with van der Waals surface area (Å²) in [6.45, 7) is 3.29. The Kier molecular flexibility index (Phi) is 4.53. The van der Waals surface area contributed by atoms with E-state index in [1.807, 2.05) is 30.1 Å². The van der Waals surface area contributed by atoms with Crippen molar-refractivity contribution in [3.05, 3.63) is 30.2 Å². The van der Waals surface area contributed by atoms with E-state index in [0.717, 1.165) is 50.7 Å². The van der Waals surface area contributed by atoms with E-state index in [-0.39, 0.29) is 0 Å². The molecule has 2 N–H and O–H groups in total. The third kappa shape index (κ3) is 3.54. The summed E-state index contributed by atoms with van der Waals surface area (Å²) in [6, 6.07) is 3.97. The van der Waals surface area contributed by atoms with E-state index in [9.17, 15) is 0 Å². The van der Waals surface area contributed by atoms with Gasteiger partial charge in [0.05, 0.1) is 12.3 Å². The van der Waals surface area contributed by atoms with Gasteiger partial charge in [0, 0.05) is 51.1 Å². The number of rotatable bonds is 6. The molecule has 2 aromatic heterocycles. The summed E-state index contributed by atoms with van der Waals surface area (Å²) in [5.74, 6) is 1.54. The van der Waals surface area contributed by atoms with Gasteiger partial charge in [0.25, 0.3) is 0 Å². The Balaban J connectivity index is 1.62. The second-order valence-electron chi connectivity index (χ2n) is 5.61. The van der Waals surface area contributed by atoms with Gasteiger partial charge < -0.3 is 15.4 Å². The second kappa shape index (κ2) is 6.74. The van der Waals surface area contributed by atoms with Crippen LogP contribution in [0, 0.1) is 0 Å². The van der Waals surface area contributed by atoms with Gasteiger partial charge in [-0.15, -0.1) is 0 Å². The van der Waals surface area contributed by atoms with E-state index >= 15 is 0 Å². The number of nitrogens with zero attached hydrogens (tertiary/aromatic N) is 5. The lowest BCUT2D eigenvalue weighted by Gasteiger charge is -2.20. The third-order valence-electron chi connectivity index (χ3n) is 3.93. The van der Waals surface area contributed by atoms with Crippen LogP contribution in [0.15, 0.2) is 24.5 Å². The summed E-state index contributed by atoms with van der Waals surface area (Å²) in [6.07, 6.45) is 5.76. The first kappa shape index (κ1) is 14.8. The van der Waals surface area contributed by atoms with Crippen LogP contribution in [-0.4, -0.2) is 46.6 Å². The number of hydrogen-bond donors (Lipinski definition) is 1. The lowest BCUT2D eigenvalue weighted by atomic mass is 10.0. The van der Waals surface area contributed by atoms with Crippen molar-refractivity contribution in [2.75, 3.05) is 37.4 Å². The SMILES string of the molecule is CN(CCCn1cccn1)c1cc([C@H]2CCOC2)nc(N)n1. The van der Waals surface area contributed by atoms with Crippen molar-refractivity contribution in [2.45, 2.75) is 25.3 Å². The van der Waals surface area contributed by atoms with Crippen molar-refractivity contribution in [2.24, 2.45) is 0 Å². The molecule has 118 valence electrons. The van der Waals surface area contributed by atoms with Crippen molar-refractivity contribution in [1.29, 1.82) is 0 Å². The van der Waals surface area contributed by atoms with Crippen molar-refractivity contribution in [1.82, 2.24) is 19.7 Å². The van der Waals surface area contributed by atoms with Gasteiger partial charge in [-0.3, -0.25) is 4.68 Å². The molecule has 1 atom stereocenters. The zero-order chi connectivity index (χ0) is 15.4. The number of aromatic nitrogens is 4. The van der Waals surface area contributed by atoms with Gasteiger partial charge in [0.15, 0.2) is 0 Å². The first-order valence-corrected chi connectivity index (χ1v) is 7.63. The Morgan fingerprint density at radius 1 is 1.45 bits per heavy atom. The van der Waals surface area contributed by atoms with Crippen LogP contribution in [0.4, 0.5) is 11.8 Å². The first-order chi connectivity index (χ1) is 10.7. The summed E-state index contributed by atoms with van der Waals surface area (Å²) in [5.41, 5.74) is 6.85. The highest BCUT2D eigenvalue weighted by Gasteiger charge is 2.21. The Morgan fingerprint density at radius 2 is 2.36 bits per heavy atom. The fraction of sp³-hybridized carbons (Fsp3) is 0.533. The largest absolute Gasteiger partial charge is 0.381 e. The number of ether oxygens (including phenoxy) is 1. The van der Waals surface area contributed by atoms with Crippen LogP contribution in [0.3, 0.4) is 0 Å². The maximum Gasteiger partial charge on any atom is 0.222 e. The molecule has 1 aliphatic rings. The van der Waals surface area contributed by atoms with E-state index in [2.05, 4.69) is 20.0 Å². The van der Waals surface area contributed by atoms with Crippen LogP contribution < -0.4 is 10.6 Å². The number of nitrogen functional groups attached to an aromatic ring is 1. The topological polar surface area (TPSA) is 82.1 Å². The molecule has 0 aromatic carbocycles. The van der Waals surface area contributed by atoms with Crippen molar-refractivity contribution in [3.63, 3.8) is 0 Å². The maximum atomic E-state index is 5.87. The normalized spacial score (nSPS) is 17.8. The molecule has 3 heterocycles. The molecule has 0 aliphatic carbocycles. The highest BCUT2D eigenvalue weighted by Crippen LogP contribution is 2.26. The number of hydrogen-bond acceptors (Lipinski definition) is 6. The number of nitrogens with two attached hydrogens (primary N) is 1. The minimum atomic E-state index is 0.332. The van der Waals surface area contributed by atoms with E-state index < -0.39 is 0 Å². The molecule has 1 fully saturated rings. The summed E-state index contributed by atoms with van der Waals surface area (Å²) < 4.78 is 7.37. The Morgan fingerprint density at radius 3 is 3.09 bits per heavy atom.